The van der Waals surface area contributed by atoms with Gasteiger partial charge in [-0.3, -0.25) is 10.1 Å². The lowest BCUT2D eigenvalue weighted by atomic mass is 10.1. The van der Waals surface area contributed by atoms with Crippen molar-refractivity contribution in [2.24, 2.45) is 0 Å². The van der Waals surface area contributed by atoms with E-state index in [0.29, 0.717) is 0 Å². The highest BCUT2D eigenvalue weighted by molar-refractivity contribution is 7.16. The lowest BCUT2D eigenvalue weighted by Gasteiger charge is -2.26. The van der Waals surface area contributed by atoms with E-state index in [1.165, 1.54) is 6.07 Å². The Balaban J connectivity index is 1.98. The highest BCUT2D eigenvalue weighted by Crippen LogP contribution is 2.31. The average Bonchev–Trinajstić information content (AvgIpc) is 3.02. The van der Waals surface area contributed by atoms with Gasteiger partial charge in [-0.25, -0.2) is 9.97 Å². The minimum atomic E-state index is -0.377. The number of hydrogen-bond acceptors (Lipinski definition) is 6. The summed E-state index contributed by atoms with van der Waals surface area (Å²) in [5.41, 5.74) is 0.972. The Morgan fingerprint density at radius 3 is 2.91 bits per heavy atom. The van der Waals surface area contributed by atoms with E-state index in [2.05, 4.69) is 9.97 Å². The van der Waals surface area contributed by atoms with E-state index < -0.39 is 0 Å². The molecule has 2 heterocycles. The molecule has 3 aromatic rings. The van der Waals surface area contributed by atoms with Gasteiger partial charge in [0.25, 0.3) is 5.69 Å². The number of thiophene rings is 1. The third-order valence-electron chi connectivity index (χ3n) is 3.72. The molecule has 7 heteroatoms. The van der Waals surface area contributed by atoms with Crippen molar-refractivity contribution >= 4 is 33.1 Å². The molecule has 1 atom stereocenters. The van der Waals surface area contributed by atoms with E-state index in [0.717, 1.165) is 21.6 Å². The molecule has 0 aliphatic rings. The number of rotatable bonds is 4. The average molecular weight is 314 g/mol. The number of aromatic nitrogens is 2. The Morgan fingerprint density at radius 1 is 1.32 bits per heavy atom. The van der Waals surface area contributed by atoms with E-state index in [-0.39, 0.29) is 16.7 Å². The van der Waals surface area contributed by atoms with Crippen LogP contribution in [0.25, 0.3) is 10.2 Å². The maximum Gasteiger partial charge on any atom is 0.269 e. The number of fused-ring (bicyclic) bond motifs is 1. The molecule has 0 amide bonds. The van der Waals surface area contributed by atoms with Crippen molar-refractivity contribution in [1.29, 1.82) is 0 Å². The monoisotopic (exact) mass is 314 g/mol. The van der Waals surface area contributed by atoms with Crippen LogP contribution in [0.15, 0.2) is 42.0 Å². The predicted molar refractivity (Wildman–Crippen MR) is 87.3 cm³/mol. The molecule has 1 aromatic carbocycles. The predicted octanol–water partition coefficient (Wildman–Crippen LogP) is 3.80. The third kappa shape index (κ3) is 2.50. The number of non-ortho nitro benzene ring substituents is 1. The minimum Gasteiger partial charge on any atom is -0.352 e. The van der Waals surface area contributed by atoms with E-state index >= 15 is 0 Å². The second-order valence-corrected chi connectivity index (χ2v) is 5.87. The second kappa shape index (κ2) is 5.69. The van der Waals surface area contributed by atoms with Crippen molar-refractivity contribution in [3.05, 3.63) is 57.7 Å². The molecule has 0 saturated carbocycles. The summed E-state index contributed by atoms with van der Waals surface area (Å²) in [5.74, 6) is 0.824. The zero-order valence-corrected chi connectivity index (χ0v) is 12.9. The van der Waals surface area contributed by atoms with Gasteiger partial charge in [-0.05, 0) is 23.9 Å². The molecule has 0 aliphatic heterocycles. The highest BCUT2D eigenvalue weighted by atomic mass is 32.1. The van der Waals surface area contributed by atoms with Crippen LogP contribution in [-0.2, 0) is 0 Å². The van der Waals surface area contributed by atoms with Gasteiger partial charge in [0.2, 0.25) is 0 Å². The lowest BCUT2D eigenvalue weighted by molar-refractivity contribution is -0.384. The molecule has 0 N–H and O–H groups in total. The smallest absolute Gasteiger partial charge is 0.269 e. The van der Waals surface area contributed by atoms with Crippen LogP contribution in [0.1, 0.15) is 18.5 Å². The number of nitro benzene ring substituents is 1. The molecule has 0 radical (unpaired) electrons. The van der Waals surface area contributed by atoms with Crippen LogP contribution in [0.3, 0.4) is 0 Å². The molecule has 0 saturated heterocycles. The molecular formula is C15H14N4O2S. The molecular weight excluding hydrogens is 300 g/mol. The van der Waals surface area contributed by atoms with Gasteiger partial charge < -0.3 is 4.90 Å². The zero-order chi connectivity index (χ0) is 15.7. The first-order valence-electron chi connectivity index (χ1n) is 6.73. The van der Waals surface area contributed by atoms with Crippen molar-refractivity contribution in [3.8, 4) is 0 Å². The summed E-state index contributed by atoms with van der Waals surface area (Å²) in [4.78, 5) is 22.1. The molecule has 0 bridgehead atoms. The fraction of sp³-hybridized carbons (Fsp3) is 0.200. The molecule has 0 aliphatic carbocycles. The van der Waals surface area contributed by atoms with Crippen LogP contribution in [0.4, 0.5) is 11.5 Å². The second-order valence-electron chi connectivity index (χ2n) is 4.98. The SMILES string of the molecule is C[C@H](c1cccc([N+](=O)[O-])c1)N(C)c1ncnc2sccc12. The van der Waals surface area contributed by atoms with Gasteiger partial charge in [0.1, 0.15) is 17.0 Å². The highest BCUT2D eigenvalue weighted by Gasteiger charge is 2.18. The maximum atomic E-state index is 10.9. The first-order valence-corrected chi connectivity index (χ1v) is 7.61. The molecule has 3 rings (SSSR count). The fourth-order valence-corrected chi connectivity index (χ4v) is 3.09. The quantitative estimate of drug-likeness (QED) is 0.541. The van der Waals surface area contributed by atoms with Crippen LogP contribution in [0.5, 0.6) is 0 Å². The van der Waals surface area contributed by atoms with Crippen molar-refractivity contribution in [3.63, 3.8) is 0 Å². The molecule has 22 heavy (non-hydrogen) atoms. The summed E-state index contributed by atoms with van der Waals surface area (Å²) >= 11 is 1.57. The Labute approximate surface area is 131 Å². The van der Waals surface area contributed by atoms with Gasteiger partial charge in [0, 0.05) is 19.2 Å². The minimum absolute atomic E-state index is 0.0436. The van der Waals surface area contributed by atoms with Gasteiger partial charge in [-0.2, -0.15) is 0 Å². The summed E-state index contributed by atoms with van der Waals surface area (Å²) < 4.78 is 0. The molecule has 112 valence electrons. The fourth-order valence-electron chi connectivity index (χ4n) is 2.36. The number of hydrogen-bond donors (Lipinski definition) is 0. The topological polar surface area (TPSA) is 72.2 Å². The van der Waals surface area contributed by atoms with Crippen molar-refractivity contribution in [1.82, 2.24) is 9.97 Å². The van der Waals surface area contributed by atoms with E-state index in [4.69, 9.17) is 0 Å². The maximum absolute atomic E-state index is 10.9. The van der Waals surface area contributed by atoms with Gasteiger partial charge in [-0.1, -0.05) is 12.1 Å². The zero-order valence-electron chi connectivity index (χ0n) is 12.1. The number of benzene rings is 1. The molecule has 2 aromatic heterocycles. The molecule has 0 fully saturated rings. The van der Waals surface area contributed by atoms with Gasteiger partial charge in [0.05, 0.1) is 16.4 Å². The molecule has 0 unspecified atom stereocenters. The standard InChI is InChI=1S/C15H14N4O2S/c1-10(11-4-3-5-12(8-11)19(20)21)18(2)14-13-6-7-22-15(13)17-9-16-14/h3-10H,1-2H3/t10-/m1/s1. The number of nitro groups is 1. The first-order chi connectivity index (χ1) is 10.6. The summed E-state index contributed by atoms with van der Waals surface area (Å²) in [6.07, 6.45) is 1.55. The summed E-state index contributed by atoms with van der Waals surface area (Å²) in [5, 5.41) is 13.9. The van der Waals surface area contributed by atoms with Gasteiger partial charge >= 0.3 is 0 Å². The Morgan fingerprint density at radius 2 is 2.14 bits per heavy atom. The normalized spacial score (nSPS) is 12.3. The Kier molecular flexibility index (Phi) is 3.72. The van der Waals surface area contributed by atoms with Crippen molar-refractivity contribution < 1.29 is 4.92 Å². The van der Waals surface area contributed by atoms with E-state index in [9.17, 15) is 10.1 Å². The van der Waals surface area contributed by atoms with Gasteiger partial charge in [0.15, 0.2) is 0 Å². The number of nitrogens with zero attached hydrogens (tertiary/aromatic N) is 4. The van der Waals surface area contributed by atoms with Crippen LogP contribution < -0.4 is 4.90 Å². The van der Waals surface area contributed by atoms with E-state index in [1.807, 2.05) is 36.4 Å². The summed E-state index contributed by atoms with van der Waals surface area (Å²) in [6.45, 7) is 2.00. The van der Waals surface area contributed by atoms with Crippen LogP contribution >= 0.6 is 11.3 Å². The Bertz CT molecular complexity index is 833. The van der Waals surface area contributed by atoms with Crippen LogP contribution in [-0.4, -0.2) is 21.9 Å². The number of anilines is 1. The lowest BCUT2D eigenvalue weighted by Crippen LogP contribution is -2.22. The summed E-state index contributed by atoms with van der Waals surface area (Å²) in [7, 11) is 1.93. The van der Waals surface area contributed by atoms with Gasteiger partial charge in [-0.15, -0.1) is 11.3 Å². The van der Waals surface area contributed by atoms with E-state index in [1.54, 1.807) is 29.8 Å². The molecule has 6 nitrogen and oxygen atoms in total. The Hall–Kier alpha value is -2.54. The van der Waals surface area contributed by atoms with Crippen molar-refractivity contribution in [2.45, 2.75) is 13.0 Å². The third-order valence-corrected chi connectivity index (χ3v) is 4.54. The van der Waals surface area contributed by atoms with Crippen molar-refractivity contribution in [2.75, 3.05) is 11.9 Å². The molecule has 0 spiro atoms. The van der Waals surface area contributed by atoms with Crippen LogP contribution in [0.2, 0.25) is 0 Å². The summed E-state index contributed by atoms with van der Waals surface area (Å²) in [6, 6.07) is 8.65. The first kappa shape index (κ1) is 14.4. The largest absolute Gasteiger partial charge is 0.352 e. The van der Waals surface area contributed by atoms with Crippen LogP contribution in [0, 0.1) is 10.1 Å².